The highest BCUT2D eigenvalue weighted by Crippen LogP contribution is 2.38. The molecule has 0 N–H and O–H groups in total. The number of hydrogen-bond acceptors (Lipinski definition) is 1. The van der Waals surface area contributed by atoms with E-state index in [9.17, 15) is 0 Å². The van der Waals surface area contributed by atoms with Crippen molar-refractivity contribution >= 4 is 11.8 Å². The van der Waals surface area contributed by atoms with Crippen molar-refractivity contribution in [2.75, 3.05) is 0 Å². The first-order chi connectivity index (χ1) is 13.8. The van der Waals surface area contributed by atoms with Crippen LogP contribution in [0.3, 0.4) is 0 Å². The quantitative estimate of drug-likeness (QED) is 0.363. The van der Waals surface area contributed by atoms with Crippen LogP contribution in [0.25, 0.3) is 0 Å². The predicted octanol–water partition coefficient (Wildman–Crippen LogP) is 8.79. The van der Waals surface area contributed by atoms with Crippen LogP contribution in [0.15, 0.2) is 53.4 Å². The van der Waals surface area contributed by atoms with Gasteiger partial charge in [0.1, 0.15) is 0 Å². The summed E-state index contributed by atoms with van der Waals surface area (Å²) < 4.78 is 0. The molecule has 0 atom stereocenters. The van der Waals surface area contributed by atoms with Gasteiger partial charge in [0.2, 0.25) is 0 Å². The number of aryl methyl sites for hydroxylation is 1. The fourth-order valence-electron chi connectivity index (χ4n) is 4.46. The van der Waals surface area contributed by atoms with Gasteiger partial charge in [-0.3, -0.25) is 0 Å². The van der Waals surface area contributed by atoms with Crippen LogP contribution in [0.4, 0.5) is 0 Å². The Morgan fingerprint density at radius 3 is 2.04 bits per heavy atom. The van der Waals surface area contributed by atoms with E-state index >= 15 is 0 Å². The standard InChI is InChI=1S/C27H38S/c1-3-5-7-22-9-11-24(12-10-22)21-28-27-19-17-26(18-20-27)25-15-13-23(14-16-25)8-6-4-2/h9-12,17-20,23,25H,3-8,13-16,21H2,1-2H3. The first kappa shape index (κ1) is 21.5. The molecule has 1 aliphatic rings. The maximum absolute atomic E-state index is 2.40. The molecule has 0 amide bonds. The summed E-state index contributed by atoms with van der Waals surface area (Å²) in [7, 11) is 0. The molecule has 1 aliphatic carbocycles. The van der Waals surface area contributed by atoms with Crippen LogP contribution < -0.4 is 0 Å². The van der Waals surface area contributed by atoms with Crippen molar-refractivity contribution in [3.05, 3.63) is 65.2 Å². The third-order valence-corrected chi connectivity index (χ3v) is 7.49. The van der Waals surface area contributed by atoms with Crippen molar-refractivity contribution in [2.45, 2.75) is 94.6 Å². The van der Waals surface area contributed by atoms with E-state index in [4.69, 9.17) is 0 Å². The zero-order chi connectivity index (χ0) is 19.6. The third-order valence-electron chi connectivity index (χ3n) is 6.41. The van der Waals surface area contributed by atoms with E-state index in [1.807, 2.05) is 11.8 Å². The van der Waals surface area contributed by atoms with Gasteiger partial charge in [-0.25, -0.2) is 0 Å². The second-order valence-corrected chi connectivity index (χ2v) is 9.69. The lowest BCUT2D eigenvalue weighted by Crippen LogP contribution is -2.13. The van der Waals surface area contributed by atoms with Gasteiger partial charge in [-0.1, -0.05) is 75.9 Å². The van der Waals surface area contributed by atoms with E-state index in [2.05, 4.69) is 62.4 Å². The smallest absolute Gasteiger partial charge is 0.0231 e. The lowest BCUT2D eigenvalue weighted by molar-refractivity contribution is 0.304. The molecule has 3 rings (SSSR count). The van der Waals surface area contributed by atoms with Crippen LogP contribution in [-0.2, 0) is 12.2 Å². The van der Waals surface area contributed by atoms with Crippen LogP contribution in [-0.4, -0.2) is 0 Å². The Morgan fingerprint density at radius 2 is 1.39 bits per heavy atom. The van der Waals surface area contributed by atoms with Gasteiger partial charge in [0.25, 0.3) is 0 Å². The van der Waals surface area contributed by atoms with Gasteiger partial charge in [0.05, 0.1) is 0 Å². The fourth-order valence-corrected chi connectivity index (χ4v) is 5.32. The summed E-state index contributed by atoms with van der Waals surface area (Å²) in [6.45, 7) is 4.57. The Hall–Kier alpha value is -1.21. The minimum atomic E-state index is 0.799. The topological polar surface area (TPSA) is 0 Å². The molecule has 0 aliphatic heterocycles. The Bertz CT molecular complexity index is 662. The molecule has 152 valence electrons. The van der Waals surface area contributed by atoms with Crippen molar-refractivity contribution < 1.29 is 0 Å². The summed E-state index contributed by atoms with van der Waals surface area (Å²) in [6.07, 6.45) is 13.7. The number of hydrogen-bond donors (Lipinski definition) is 0. The van der Waals surface area contributed by atoms with Crippen molar-refractivity contribution in [2.24, 2.45) is 5.92 Å². The van der Waals surface area contributed by atoms with E-state index in [0.717, 1.165) is 17.6 Å². The van der Waals surface area contributed by atoms with Crippen LogP contribution in [0.2, 0.25) is 0 Å². The molecular weight excluding hydrogens is 356 g/mol. The molecule has 0 saturated heterocycles. The maximum atomic E-state index is 2.40. The minimum absolute atomic E-state index is 0.799. The Kier molecular flexibility index (Phi) is 8.99. The normalized spacial score (nSPS) is 19.6. The first-order valence-electron chi connectivity index (χ1n) is 11.6. The zero-order valence-corrected chi connectivity index (χ0v) is 18.8. The van der Waals surface area contributed by atoms with Crippen molar-refractivity contribution in [1.29, 1.82) is 0 Å². The second kappa shape index (κ2) is 11.7. The Morgan fingerprint density at radius 1 is 0.750 bits per heavy atom. The Labute approximate surface area is 177 Å². The van der Waals surface area contributed by atoms with Crippen molar-refractivity contribution in [3.63, 3.8) is 0 Å². The summed E-state index contributed by atoms with van der Waals surface area (Å²) in [5, 5.41) is 0. The van der Waals surface area contributed by atoms with Gasteiger partial charge >= 0.3 is 0 Å². The van der Waals surface area contributed by atoms with Gasteiger partial charge in [0.15, 0.2) is 0 Å². The SMILES string of the molecule is CCCCc1ccc(CSc2ccc(C3CCC(CCCC)CC3)cc2)cc1. The van der Waals surface area contributed by atoms with Gasteiger partial charge in [-0.05, 0) is 79.2 Å². The van der Waals surface area contributed by atoms with Crippen LogP contribution in [0, 0.1) is 5.92 Å². The fraction of sp³-hybridized carbons (Fsp3) is 0.556. The van der Waals surface area contributed by atoms with E-state index in [-0.39, 0.29) is 0 Å². The molecule has 0 bridgehead atoms. The summed E-state index contributed by atoms with van der Waals surface area (Å²) in [6, 6.07) is 18.7. The zero-order valence-electron chi connectivity index (χ0n) is 18.0. The third kappa shape index (κ3) is 6.69. The van der Waals surface area contributed by atoms with Crippen molar-refractivity contribution in [3.8, 4) is 0 Å². The lowest BCUT2D eigenvalue weighted by atomic mass is 9.77. The molecule has 1 saturated carbocycles. The molecule has 2 aromatic rings. The molecule has 0 radical (unpaired) electrons. The van der Waals surface area contributed by atoms with Crippen LogP contribution in [0.1, 0.15) is 94.2 Å². The summed E-state index contributed by atoms with van der Waals surface area (Å²) in [5.41, 5.74) is 4.47. The summed E-state index contributed by atoms with van der Waals surface area (Å²) in [5.74, 6) is 2.86. The molecule has 1 fully saturated rings. The maximum Gasteiger partial charge on any atom is 0.0231 e. The van der Waals surface area contributed by atoms with Crippen molar-refractivity contribution in [1.82, 2.24) is 0 Å². The van der Waals surface area contributed by atoms with Crippen LogP contribution in [0.5, 0.6) is 0 Å². The highest BCUT2D eigenvalue weighted by molar-refractivity contribution is 7.98. The largest absolute Gasteiger partial charge is 0.121 e. The molecular formula is C27H38S. The highest BCUT2D eigenvalue weighted by Gasteiger charge is 2.21. The van der Waals surface area contributed by atoms with E-state index in [1.165, 1.54) is 80.2 Å². The van der Waals surface area contributed by atoms with E-state index < -0.39 is 0 Å². The molecule has 0 unspecified atom stereocenters. The van der Waals surface area contributed by atoms with E-state index in [1.54, 1.807) is 5.56 Å². The van der Waals surface area contributed by atoms with E-state index in [0.29, 0.717) is 0 Å². The molecule has 0 heterocycles. The molecule has 0 aromatic heterocycles. The monoisotopic (exact) mass is 394 g/mol. The average Bonchev–Trinajstić information content (AvgIpc) is 2.76. The van der Waals surface area contributed by atoms with Gasteiger partial charge in [0, 0.05) is 10.6 Å². The number of benzene rings is 2. The molecule has 0 nitrogen and oxygen atoms in total. The van der Waals surface area contributed by atoms with Gasteiger partial charge in [-0.2, -0.15) is 0 Å². The number of thioether (sulfide) groups is 1. The lowest BCUT2D eigenvalue weighted by Gasteiger charge is -2.29. The highest BCUT2D eigenvalue weighted by atomic mass is 32.2. The summed E-state index contributed by atoms with van der Waals surface area (Å²) in [4.78, 5) is 1.40. The number of unbranched alkanes of at least 4 members (excludes halogenated alkanes) is 2. The second-order valence-electron chi connectivity index (χ2n) is 8.64. The van der Waals surface area contributed by atoms with Crippen LogP contribution >= 0.6 is 11.8 Å². The summed E-state index contributed by atoms with van der Waals surface area (Å²) >= 11 is 1.96. The van der Waals surface area contributed by atoms with Gasteiger partial charge < -0.3 is 0 Å². The molecule has 2 aromatic carbocycles. The minimum Gasteiger partial charge on any atom is -0.121 e. The Balaban J connectivity index is 1.44. The first-order valence-corrected chi connectivity index (χ1v) is 12.6. The molecule has 28 heavy (non-hydrogen) atoms. The predicted molar refractivity (Wildman–Crippen MR) is 125 cm³/mol. The number of rotatable bonds is 10. The molecule has 1 heteroatoms. The molecule has 0 spiro atoms. The average molecular weight is 395 g/mol. The van der Waals surface area contributed by atoms with Gasteiger partial charge in [-0.15, -0.1) is 11.8 Å².